The number of hydrogen-bond acceptors (Lipinski definition) is 5. The van der Waals surface area contributed by atoms with E-state index in [1.54, 1.807) is 7.11 Å². The maximum atomic E-state index is 12.6. The Hall–Kier alpha value is -2.53. The first-order chi connectivity index (χ1) is 14.1. The summed E-state index contributed by atoms with van der Waals surface area (Å²) in [7, 11) is 1.79. The van der Waals surface area contributed by atoms with Gasteiger partial charge in [0.1, 0.15) is 11.6 Å². The van der Waals surface area contributed by atoms with Gasteiger partial charge in [-0.3, -0.25) is 14.8 Å². The van der Waals surface area contributed by atoms with Crippen LogP contribution < -0.4 is 0 Å². The van der Waals surface area contributed by atoms with Crippen molar-refractivity contribution < 1.29 is 9.53 Å². The molecule has 2 aliphatic heterocycles. The third-order valence-corrected chi connectivity index (χ3v) is 6.04. The quantitative estimate of drug-likeness (QED) is 0.752. The molecule has 2 aliphatic rings. The molecule has 0 unspecified atom stereocenters. The highest BCUT2D eigenvalue weighted by molar-refractivity contribution is 6.01. The molecule has 0 saturated carbocycles. The van der Waals surface area contributed by atoms with Crippen LogP contribution in [-0.2, 0) is 22.5 Å². The van der Waals surface area contributed by atoms with E-state index >= 15 is 0 Å². The number of methoxy groups -OCH3 is 1. The number of Topliss-reactive ketones (excluding diaryl/α,β-unsaturated/α-hetero) is 1. The second-order valence-electron chi connectivity index (χ2n) is 8.13. The number of likely N-dealkylation sites (tertiary alicyclic amines) is 1. The molecule has 1 atom stereocenters. The molecule has 29 heavy (non-hydrogen) atoms. The topological polar surface area (TPSA) is 54.8 Å². The van der Waals surface area contributed by atoms with Crippen LogP contribution in [-0.4, -0.2) is 47.8 Å². The van der Waals surface area contributed by atoms with E-state index in [1.807, 2.05) is 24.4 Å². The monoisotopic (exact) mass is 391 g/mol. The van der Waals surface area contributed by atoms with Crippen molar-refractivity contribution in [3.63, 3.8) is 0 Å². The number of hydrogen-bond donors (Lipinski definition) is 0. The van der Waals surface area contributed by atoms with E-state index in [9.17, 15) is 4.79 Å². The van der Waals surface area contributed by atoms with E-state index in [2.05, 4.69) is 35.0 Å². The molecule has 1 fully saturated rings. The minimum Gasteiger partial charge on any atom is -0.381 e. The van der Waals surface area contributed by atoms with Crippen LogP contribution >= 0.6 is 0 Å². The number of piperidine rings is 1. The summed E-state index contributed by atoms with van der Waals surface area (Å²) in [4.78, 5) is 24.3. The molecule has 152 valence electrons. The maximum Gasteiger partial charge on any atom is 0.139 e. The summed E-state index contributed by atoms with van der Waals surface area (Å²) >= 11 is 0. The van der Waals surface area contributed by atoms with Gasteiger partial charge >= 0.3 is 0 Å². The van der Waals surface area contributed by atoms with E-state index < -0.39 is 0 Å². The van der Waals surface area contributed by atoms with E-state index in [-0.39, 0.29) is 11.7 Å². The highest BCUT2D eigenvalue weighted by Crippen LogP contribution is 2.25. The number of pyridine rings is 1. The summed E-state index contributed by atoms with van der Waals surface area (Å²) in [5.74, 6) is 1.51. The summed E-state index contributed by atoms with van der Waals surface area (Å²) in [6.07, 6.45) is 5.26. The Balaban J connectivity index is 1.36. The number of carbonyl (C=O) groups is 1. The molecule has 5 nitrogen and oxygen atoms in total. The summed E-state index contributed by atoms with van der Waals surface area (Å²) in [5.41, 5.74) is 4.36. The SMILES string of the molecule is COC1CCN(C2=NCc3cc(CC(=O)C[C@H](C)c4ccccc4)ncc32)CC1. The van der Waals surface area contributed by atoms with Gasteiger partial charge in [-0.15, -0.1) is 0 Å². The van der Waals surface area contributed by atoms with Crippen LogP contribution in [0.15, 0.2) is 47.6 Å². The number of aromatic nitrogens is 1. The van der Waals surface area contributed by atoms with E-state index in [0.29, 0.717) is 25.5 Å². The van der Waals surface area contributed by atoms with Crippen LogP contribution in [0.3, 0.4) is 0 Å². The molecule has 0 aliphatic carbocycles. The smallest absolute Gasteiger partial charge is 0.139 e. The minimum absolute atomic E-state index is 0.225. The number of benzene rings is 1. The molecular weight excluding hydrogens is 362 g/mol. The lowest BCUT2D eigenvalue weighted by molar-refractivity contribution is -0.118. The van der Waals surface area contributed by atoms with Gasteiger partial charge in [-0.25, -0.2) is 0 Å². The molecule has 0 bridgehead atoms. The van der Waals surface area contributed by atoms with Crippen molar-refractivity contribution in [3.8, 4) is 0 Å². The first-order valence-corrected chi connectivity index (χ1v) is 10.5. The fourth-order valence-corrected chi connectivity index (χ4v) is 4.31. The first kappa shape index (κ1) is 19.8. The predicted octanol–water partition coefficient (Wildman–Crippen LogP) is 3.76. The fourth-order valence-electron chi connectivity index (χ4n) is 4.31. The molecule has 3 heterocycles. The van der Waals surface area contributed by atoms with Crippen molar-refractivity contribution in [1.82, 2.24) is 9.88 Å². The molecule has 2 aromatic rings. The minimum atomic E-state index is 0.225. The molecular formula is C24H29N3O2. The lowest BCUT2D eigenvalue weighted by Gasteiger charge is -2.32. The lowest BCUT2D eigenvalue weighted by Crippen LogP contribution is -2.40. The standard InChI is InChI=1S/C24H29N3O2/c1-17(18-6-4-3-5-7-18)12-21(28)14-20-13-19-15-26-24(23(19)16-25-20)27-10-8-22(29-2)9-11-27/h3-7,13,16-17,22H,8-12,14-15H2,1-2H3/t17-/m0/s1. The lowest BCUT2D eigenvalue weighted by atomic mass is 9.94. The van der Waals surface area contributed by atoms with Crippen molar-refractivity contribution in [2.45, 2.75) is 51.2 Å². The van der Waals surface area contributed by atoms with Gasteiger partial charge in [0.15, 0.2) is 0 Å². The van der Waals surface area contributed by atoms with E-state index in [4.69, 9.17) is 9.73 Å². The van der Waals surface area contributed by atoms with Crippen molar-refractivity contribution in [2.75, 3.05) is 20.2 Å². The van der Waals surface area contributed by atoms with Crippen LogP contribution in [0.25, 0.3) is 0 Å². The Morgan fingerprint density at radius 2 is 2.00 bits per heavy atom. The molecule has 0 amide bonds. The van der Waals surface area contributed by atoms with Gasteiger partial charge in [0, 0.05) is 50.5 Å². The number of aliphatic imine (C=N–C) groups is 1. The van der Waals surface area contributed by atoms with Gasteiger partial charge in [-0.05, 0) is 36.0 Å². The highest BCUT2D eigenvalue weighted by atomic mass is 16.5. The van der Waals surface area contributed by atoms with E-state index in [1.165, 1.54) is 11.1 Å². The molecule has 1 aromatic heterocycles. The van der Waals surface area contributed by atoms with Crippen LogP contribution in [0, 0.1) is 0 Å². The second-order valence-corrected chi connectivity index (χ2v) is 8.13. The summed E-state index contributed by atoms with van der Waals surface area (Å²) < 4.78 is 5.47. The first-order valence-electron chi connectivity index (χ1n) is 10.5. The Labute approximate surface area is 172 Å². The molecule has 5 heteroatoms. The Kier molecular flexibility index (Phi) is 6.05. The van der Waals surface area contributed by atoms with Crippen LogP contribution in [0.2, 0.25) is 0 Å². The third-order valence-electron chi connectivity index (χ3n) is 6.04. The summed E-state index contributed by atoms with van der Waals surface area (Å²) in [5, 5.41) is 0. The average Bonchev–Trinajstić information content (AvgIpc) is 3.17. The van der Waals surface area contributed by atoms with Gasteiger partial charge in [-0.1, -0.05) is 37.3 Å². The maximum absolute atomic E-state index is 12.6. The van der Waals surface area contributed by atoms with Crippen molar-refractivity contribution >= 4 is 11.6 Å². The number of ether oxygens (including phenoxy) is 1. The number of nitrogens with zero attached hydrogens (tertiary/aromatic N) is 3. The second kappa shape index (κ2) is 8.87. The molecule has 0 spiro atoms. The zero-order valence-corrected chi connectivity index (χ0v) is 17.3. The van der Waals surface area contributed by atoms with Gasteiger partial charge in [-0.2, -0.15) is 0 Å². The molecule has 1 saturated heterocycles. The van der Waals surface area contributed by atoms with Gasteiger partial charge < -0.3 is 9.64 Å². The Bertz CT molecular complexity index is 886. The number of rotatable bonds is 6. The summed E-state index contributed by atoms with van der Waals surface area (Å²) in [6, 6.07) is 12.3. The average molecular weight is 392 g/mol. The molecule has 0 radical (unpaired) electrons. The van der Waals surface area contributed by atoms with Crippen LogP contribution in [0.1, 0.15) is 54.5 Å². The zero-order valence-electron chi connectivity index (χ0n) is 17.3. The van der Waals surface area contributed by atoms with Gasteiger partial charge in [0.2, 0.25) is 0 Å². The predicted molar refractivity (Wildman–Crippen MR) is 114 cm³/mol. The normalized spacial score (nSPS) is 17.7. The highest BCUT2D eigenvalue weighted by Gasteiger charge is 2.26. The molecule has 1 aromatic carbocycles. The van der Waals surface area contributed by atoms with Crippen LogP contribution in [0.4, 0.5) is 0 Å². The number of amidine groups is 1. The Morgan fingerprint density at radius 3 is 2.72 bits per heavy atom. The van der Waals surface area contributed by atoms with Crippen molar-refractivity contribution in [2.24, 2.45) is 4.99 Å². The van der Waals surface area contributed by atoms with Crippen LogP contribution in [0.5, 0.6) is 0 Å². The Morgan fingerprint density at radius 1 is 1.24 bits per heavy atom. The molecule has 0 N–H and O–H groups in total. The number of fused-ring (bicyclic) bond motifs is 1. The largest absolute Gasteiger partial charge is 0.381 e. The number of ketones is 1. The summed E-state index contributed by atoms with van der Waals surface area (Å²) in [6.45, 7) is 4.72. The molecule has 4 rings (SSSR count). The fraction of sp³-hybridized carbons (Fsp3) is 0.458. The van der Waals surface area contributed by atoms with Gasteiger partial charge in [0.05, 0.1) is 12.6 Å². The number of carbonyl (C=O) groups excluding carboxylic acids is 1. The third kappa shape index (κ3) is 4.56. The van der Waals surface area contributed by atoms with Crippen molar-refractivity contribution in [1.29, 1.82) is 0 Å². The van der Waals surface area contributed by atoms with Gasteiger partial charge in [0.25, 0.3) is 0 Å². The van der Waals surface area contributed by atoms with Crippen molar-refractivity contribution in [3.05, 3.63) is 65.0 Å². The van der Waals surface area contributed by atoms with E-state index in [0.717, 1.165) is 43.0 Å². The zero-order chi connectivity index (χ0) is 20.2.